The van der Waals surface area contributed by atoms with Crippen LogP contribution in [0.25, 0.3) is 0 Å². The van der Waals surface area contributed by atoms with Crippen molar-refractivity contribution in [2.75, 3.05) is 0 Å². The lowest BCUT2D eigenvalue weighted by Gasteiger charge is -2.15. The van der Waals surface area contributed by atoms with Crippen LogP contribution in [-0.2, 0) is 6.61 Å². The maximum atomic E-state index is 10.9. The monoisotopic (exact) mass is 358 g/mol. The Morgan fingerprint density at radius 1 is 1.08 bits per heavy atom. The standard InChI is InChI=1S/C20H24O4.C2H6/c1-3-5-15(4-2)16-8-6-14(7-9-16)13-24-17-10-11-18(20(22)23)19(21)12-17;1-2/h6-12,15,21H,3-5,13H2,1-2H3,(H,22,23);1-2H3. The molecule has 0 aliphatic carbocycles. The van der Waals surface area contributed by atoms with E-state index in [0.717, 1.165) is 12.0 Å². The molecule has 4 heteroatoms. The first-order valence-electron chi connectivity index (χ1n) is 9.33. The van der Waals surface area contributed by atoms with Crippen LogP contribution in [0.5, 0.6) is 11.5 Å². The molecule has 0 aromatic heterocycles. The molecule has 0 aliphatic heterocycles. The summed E-state index contributed by atoms with van der Waals surface area (Å²) < 4.78 is 5.63. The zero-order valence-corrected chi connectivity index (χ0v) is 16.2. The minimum atomic E-state index is -1.16. The number of carboxylic acids is 1. The fourth-order valence-corrected chi connectivity index (χ4v) is 2.79. The molecule has 1 atom stereocenters. The van der Waals surface area contributed by atoms with Crippen LogP contribution >= 0.6 is 0 Å². The summed E-state index contributed by atoms with van der Waals surface area (Å²) >= 11 is 0. The van der Waals surface area contributed by atoms with Crippen molar-refractivity contribution in [2.24, 2.45) is 0 Å². The van der Waals surface area contributed by atoms with Gasteiger partial charge in [-0.3, -0.25) is 0 Å². The molecule has 0 saturated heterocycles. The Balaban J connectivity index is 0.00000163. The lowest BCUT2D eigenvalue weighted by Crippen LogP contribution is -2.00. The summed E-state index contributed by atoms with van der Waals surface area (Å²) in [6, 6.07) is 12.6. The Morgan fingerprint density at radius 3 is 2.23 bits per heavy atom. The molecule has 0 radical (unpaired) electrons. The lowest BCUT2D eigenvalue weighted by atomic mass is 9.92. The van der Waals surface area contributed by atoms with Gasteiger partial charge in [-0.15, -0.1) is 0 Å². The summed E-state index contributed by atoms with van der Waals surface area (Å²) in [4.78, 5) is 10.9. The zero-order valence-electron chi connectivity index (χ0n) is 16.2. The van der Waals surface area contributed by atoms with Gasteiger partial charge in [0.1, 0.15) is 23.7 Å². The molecule has 2 aromatic carbocycles. The number of phenols is 1. The number of aromatic carboxylic acids is 1. The second-order valence-electron chi connectivity index (χ2n) is 5.91. The van der Waals surface area contributed by atoms with Crippen molar-refractivity contribution in [3.05, 3.63) is 59.2 Å². The van der Waals surface area contributed by atoms with E-state index in [2.05, 4.69) is 38.1 Å². The van der Waals surface area contributed by atoms with Gasteiger partial charge in [0.15, 0.2) is 0 Å². The molecule has 0 bridgehead atoms. The highest BCUT2D eigenvalue weighted by molar-refractivity contribution is 5.90. The first-order valence-corrected chi connectivity index (χ1v) is 9.33. The molecule has 2 N–H and O–H groups in total. The van der Waals surface area contributed by atoms with E-state index in [1.54, 1.807) is 6.07 Å². The van der Waals surface area contributed by atoms with Gasteiger partial charge < -0.3 is 14.9 Å². The molecule has 2 aromatic rings. The molecule has 1 unspecified atom stereocenters. The zero-order chi connectivity index (χ0) is 19.5. The number of ether oxygens (including phenoxy) is 1. The Hall–Kier alpha value is -2.49. The number of hydrogen-bond acceptors (Lipinski definition) is 3. The number of rotatable bonds is 8. The van der Waals surface area contributed by atoms with Crippen molar-refractivity contribution in [1.82, 2.24) is 0 Å². The molecule has 0 aliphatic rings. The van der Waals surface area contributed by atoms with E-state index in [1.807, 2.05) is 13.8 Å². The van der Waals surface area contributed by atoms with E-state index >= 15 is 0 Å². The van der Waals surface area contributed by atoms with E-state index in [9.17, 15) is 9.90 Å². The molecule has 0 heterocycles. The van der Waals surface area contributed by atoms with Crippen LogP contribution in [0.15, 0.2) is 42.5 Å². The highest BCUT2D eigenvalue weighted by atomic mass is 16.5. The smallest absolute Gasteiger partial charge is 0.339 e. The van der Waals surface area contributed by atoms with Crippen LogP contribution in [0, 0.1) is 0 Å². The number of carboxylic acid groups (broad SMARTS) is 1. The van der Waals surface area contributed by atoms with Gasteiger partial charge in [0.2, 0.25) is 0 Å². The van der Waals surface area contributed by atoms with E-state index in [-0.39, 0.29) is 11.3 Å². The van der Waals surface area contributed by atoms with E-state index in [0.29, 0.717) is 18.3 Å². The highest BCUT2D eigenvalue weighted by Gasteiger charge is 2.11. The third kappa shape index (κ3) is 6.10. The second kappa shape index (κ2) is 11.2. The minimum Gasteiger partial charge on any atom is -0.507 e. The minimum absolute atomic E-state index is 0.131. The van der Waals surface area contributed by atoms with Crippen LogP contribution in [-0.4, -0.2) is 16.2 Å². The first kappa shape index (κ1) is 21.6. The van der Waals surface area contributed by atoms with E-state index < -0.39 is 5.97 Å². The summed E-state index contributed by atoms with van der Waals surface area (Å²) in [5.41, 5.74) is 2.26. The maximum absolute atomic E-state index is 10.9. The predicted molar refractivity (Wildman–Crippen MR) is 105 cm³/mol. The van der Waals surface area contributed by atoms with Crippen LogP contribution in [0.3, 0.4) is 0 Å². The summed E-state index contributed by atoms with van der Waals surface area (Å²) in [5.74, 6) is -0.405. The summed E-state index contributed by atoms with van der Waals surface area (Å²) in [6.07, 6.45) is 3.51. The van der Waals surface area contributed by atoms with Crippen molar-refractivity contribution >= 4 is 5.97 Å². The first-order chi connectivity index (χ1) is 12.5. The van der Waals surface area contributed by atoms with Gasteiger partial charge in [-0.05, 0) is 42.0 Å². The lowest BCUT2D eigenvalue weighted by molar-refractivity contribution is 0.0693. The summed E-state index contributed by atoms with van der Waals surface area (Å²) in [6.45, 7) is 8.79. The summed E-state index contributed by atoms with van der Waals surface area (Å²) in [5, 5.41) is 18.6. The van der Waals surface area contributed by atoms with Gasteiger partial charge in [-0.25, -0.2) is 4.79 Å². The fraction of sp³-hybridized carbons (Fsp3) is 0.409. The third-order valence-corrected chi connectivity index (χ3v) is 4.19. The number of aromatic hydroxyl groups is 1. The molecule has 0 saturated carbocycles. The molecular formula is C22H30O4. The normalized spacial score (nSPS) is 11.2. The van der Waals surface area contributed by atoms with Gasteiger partial charge in [0.05, 0.1) is 0 Å². The number of carbonyl (C=O) groups is 1. The van der Waals surface area contributed by atoms with Crippen molar-refractivity contribution in [2.45, 2.75) is 59.5 Å². The van der Waals surface area contributed by atoms with Crippen LogP contribution in [0.1, 0.15) is 74.4 Å². The van der Waals surface area contributed by atoms with Gasteiger partial charge >= 0.3 is 5.97 Å². The van der Waals surface area contributed by atoms with Gasteiger partial charge in [0, 0.05) is 6.07 Å². The molecule has 4 nitrogen and oxygen atoms in total. The number of benzene rings is 2. The predicted octanol–water partition coefficient (Wildman–Crippen LogP) is 5.99. The van der Waals surface area contributed by atoms with Gasteiger partial charge in [-0.1, -0.05) is 58.4 Å². The molecule has 0 spiro atoms. The molecule has 0 fully saturated rings. The van der Waals surface area contributed by atoms with Crippen LogP contribution in [0.4, 0.5) is 0 Å². The molecule has 142 valence electrons. The maximum Gasteiger partial charge on any atom is 0.339 e. The number of hydrogen-bond donors (Lipinski definition) is 2. The SMILES string of the molecule is CC.CCCC(CC)c1ccc(COc2ccc(C(=O)O)c(O)c2)cc1. The van der Waals surface area contributed by atoms with Crippen molar-refractivity contribution < 1.29 is 19.7 Å². The third-order valence-electron chi connectivity index (χ3n) is 4.19. The topological polar surface area (TPSA) is 66.8 Å². The summed E-state index contributed by atoms with van der Waals surface area (Å²) in [7, 11) is 0. The Labute approximate surface area is 156 Å². The van der Waals surface area contributed by atoms with Gasteiger partial charge in [0.25, 0.3) is 0 Å². The molecule has 0 amide bonds. The van der Waals surface area contributed by atoms with Crippen molar-refractivity contribution in [3.8, 4) is 11.5 Å². The van der Waals surface area contributed by atoms with E-state index in [4.69, 9.17) is 9.84 Å². The molecule has 2 rings (SSSR count). The van der Waals surface area contributed by atoms with E-state index in [1.165, 1.54) is 30.5 Å². The second-order valence-corrected chi connectivity index (χ2v) is 5.91. The van der Waals surface area contributed by atoms with Crippen LogP contribution in [0.2, 0.25) is 0 Å². The van der Waals surface area contributed by atoms with Gasteiger partial charge in [-0.2, -0.15) is 0 Å². The Kier molecular flexibility index (Phi) is 9.27. The Bertz CT molecular complexity index is 677. The quantitative estimate of drug-likeness (QED) is 0.608. The molecule has 26 heavy (non-hydrogen) atoms. The average Bonchev–Trinajstić information content (AvgIpc) is 2.66. The Morgan fingerprint density at radius 2 is 1.73 bits per heavy atom. The van der Waals surface area contributed by atoms with Crippen molar-refractivity contribution in [3.63, 3.8) is 0 Å². The van der Waals surface area contributed by atoms with Crippen LogP contribution < -0.4 is 4.74 Å². The largest absolute Gasteiger partial charge is 0.507 e. The molecular weight excluding hydrogens is 328 g/mol. The van der Waals surface area contributed by atoms with Crippen molar-refractivity contribution in [1.29, 1.82) is 0 Å². The fourth-order valence-electron chi connectivity index (χ4n) is 2.79. The highest BCUT2D eigenvalue weighted by Crippen LogP contribution is 2.26. The average molecular weight is 358 g/mol.